The monoisotopic (exact) mass is 180 g/mol. The normalized spacial score (nSPS) is 26.1. The highest BCUT2D eigenvalue weighted by Gasteiger charge is 2.19. The molecule has 0 aromatic rings. The summed E-state index contributed by atoms with van der Waals surface area (Å²) in [4.78, 5) is 2.25. The van der Waals surface area contributed by atoms with E-state index in [4.69, 9.17) is 0 Å². The summed E-state index contributed by atoms with van der Waals surface area (Å²) in [6.45, 7) is 4.01. The zero-order chi connectivity index (χ0) is 9.10. The summed E-state index contributed by atoms with van der Waals surface area (Å²) in [5, 5.41) is 9.92. The average Bonchev–Trinajstić information content (AvgIpc) is 2.71. The fraction of sp³-hybridized carbons (Fsp3) is 0.556. The number of hydrogen-bond donors (Lipinski definition) is 3. The van der Waals surface area contributed by atoms with Gasteiger partial charge >= 0.3 is 0 Å². The third-order valence-electron chi connectivity index (χ3n) is 2.38. The number of hydrogen-bond acceptors (Lipinski definition) is 4. The van der Waals surface area contributed by atoms with Gasteiger partial charge in [0, 0.05) is 24.3 Å². The van der Waals surface area contributed by atoms with Crippen LogP contribution in [0.4, 0.5) is 0 Å². The topological polar surface area (TPSA) is 39.3 Å². The van der Waals surface area contributed by atoms with Crippen LogP contribution in [0.25, 0.3) is 0 Å². The van der Waals surface area contributed by atoms with Crippen molar-refractivity contribution >= 4 is 0 Å². The average molecular weight is 180 g/mol. The van der Waals surface area contributed by atoms with Crippen LogP contribution in [-0.2, 0) is 0 Å². The van der Waals surface area contributed by atoms with E-state index in [0.29, 0.717) is 6.17 Å². The molecular weight excluding hydrogens is 164 g/mol. The Morgan fingerprint density at radius 2 is 2.46 bits per heavy atom. The Balaban J connectivity index is 1.94. The largest absolute Gasteiger partial charge is 0.386 e. The first-order chi connectivity index (χ1) is 6.40. The fourth-order valence-electron chi connectivity index (χ4n) is 1.58. The molecule has 1 atom stereocenters. The van der Waals surface area contributed by atoms with Crippen molar-refractivity contribution in [2.45, 2.75) is 19.5 Å². The summed E-state index contributed by atoms with van der Waals surface area (Å²) in [7, 11) is 0. The summed E-state index contributed by atoms with van der Waals surface area (Å²) in [5.41, 5.74) is 1.27. The van der Waals surface area contributed by atoms with Gasteiger partial charge in [-0.15, -0.1) is 0 Å². The maximum atomic E-state index is 3.48. The van der Waals surface area contributed by atoms with Crippen LogP contribution in [0.15, 0.2) is 24.3 Å². The van der Waals surface area contributed by atoms with Crippen LogP contribution < -0.4 is 16.0 Å². The molecule has 0 aromatic heterocycles. The van der Waals surface area contributed by atoms with Gasteiger partial charge < -0.3 is 20.9 Å². The lowest BCUT2D eigenvalue weighted by Crippen LogP contribution is -2.51. The van der Waals surface area contributed by atoms with Gasteiger partial charge in [-0.25, -0.2) is 0 Å². The molecule has 0 saturated carbocycles. The molecule has 4 heteroatoms. The first-order valence-corrected chi connectivity index (χ1v) is 4.75. The molecule has 0 fully saturated rings. The molecule has 0 saturated heterocycles. The second kappa shape index (κ2) is 3.60. The van der Waals surface area contributed by atoms with Crippen LogP contribution in [0, 0.1) is 0 Å². The third kappa shape index (κ3) is 1.71. The molecule has 3 N–H and O–H groups in total. The van der Waals surface area contributed by atoms with E-state index in [-0.39, 0.29) is 0 Å². The standard InChI is InChI=1S/C9H16N4/c1-2-8-5-11-6-9(12-8)13-4-3-10-7-13/h3-5,9-12H,2,6-7H2,1H3. The molecule has 2 heterocycles. The highest BCUT2D eigenvalue weighted by atomic mass is 15.4. The Kier molecular flexibility index (Phi) is 2.29. The minimum atomic E-state index is 0.381. The summed E-state index contributed by atoms with van der Waals surface area (Å²) in [6, 6.07) is 0. The minimum Gasteiger partial charge on any atom is -0.386 e. The molecule has 2 aliphatic rings. The third-order valence-corrected chi connectivity index (χ3v) is 2.38. The first kappa shape index (κ1) is 8.29. The predicted octanol–water partition coefficient (Wildman–Crippen LogP) is 0.0906. The van der Waals surface area contributed by atoms with Crippen LogP contribution in [-0.4, -0.2) is 24.3 Å². The van der Waals surface area contributed by atoms with Crippen LogP contribution in [0.3, 0.4) is 0 Å². The molecule has 4 nitrogen and oxygen atoms in total. The molecule has 0 radical (unpaired) electrons. The van der Waals surface area contributed by atoms with Crippen molar-refractivity contribution in [1.29, 1.82) is 0 Å². The van der Waals surface area contributed by atoms with Crippen molar-refractivity contribution in [3.05, 3.63) is 24.3 Å². The van der Waals surface area contributed by atoms with Crippen molar-refractivity contribution in [1.82, 2.24) is 20.9 Å². The molecule has 2 aliphatic heterocycles. The number of nitrogens with zero attached hydrogens (tertiary/aromatic N) is 1. The summed E-state index contributed by atoms with van der Waals surface area (Å²) < 4.78 is 0. The van der Waals surface area contributed by atoms with E-state index in [0.717, 1.165) is 19.6 Å². The smallest absolute Gasteiger partial charge is 0.118 e. The van der Waals surface area contributed by atoms with Gasteiger partial charge in [-0.3, -0.25) is 0 Å². The molecule has 1 unspecified atom stereocenters. The van der Waals surface area contributed by atoms with Crippen LogP contribution in [0.5, 0.6) is 0 Å². The van der Waals surface area contributed by atoms with E-state index < -0.39 is 0 Å². The first-order valence-electron chi connectivity index (χ1n) is 4.75. The van der Waals surface area contributed by atoms with Crippen molar-refractivity contribution in [3.8, 4) is 0 Å². The van der Waals surface area contributed by atoms with Crippen molar-refractivity contribution in [2.24, 2.45) is 0 Å². The van der Waals surface area contributed by atoms with Crippen molar-refractivity contribution in [2.75, 3.05) is 13.2 Å². The Labute approximate surface area is 78.7 Å². The highest BCUT2D eigenvalue weighted by molar-refractivity contribution is 5.05. The maximum Gasteiger partial charge on any atom is 0.118 e. The molecule has 13 heavy (non-hydrogen) atoms. The molecule has 0 spiro atoms. The lowest BCUT2D eigenvalue weighted by molar-refractivity contribution is 0.244. The maximum absolute atomic E-state index is 3.48. The van der Waals surface area contributed by atoms with E-state index in [1.165, 1.54) is 5.70 Å². The van der Waals surface area contributed by atoms with E-state index in [1.54, 1.807) is 0 Å². The van der Waals surface area contributed by atoms with Gasteiger partial charge in [0.2, 0.25) is 0 Å². The second-order valence-electron chi connectivity index (χ2n) is 3.28. The molecule has 2 rings (SSSR count). The van der Waals surface area contributed by atoms with Gasteiger partial charge in [0.1, 0.15) is 6.17 Å². The second-order valence-corrected chi connectivity index (χ2v) is 3.28. The van der Waals surface area contributed by atoms with E-state index in [2.05, 4.69) is 40.2 Å². The Morgan fingerprint density at radius 3 is 3.15 bits per heavy atom. The SMILES string of the molecule is CCC1=CNCC(N2C=CNC2)N1. The van der Waals surface area contributed by atoms with Crippen LogP contribution >= 0.6 is 0 Å². The quantitative estimate of drug-likeness (QED) is 0.563. The minimum absolute atomic E-state index is 0.381. The molecular formula is C9H16N4. The van der Waals surface area contributed by atoms with Gasteiger partial charge in [-0.1, -0.05) is 6.92 Å². The highest BCUT2D eigenvalue weighted by Crippen LogP contribution is 2.07. The lowest BCUT2D eigenvalue weighted by Gasteiger charge is -2.33. The van der Waals surface area contributed by atoms with Gasteiger partial charge in [-0.05, 0) is 6.42 Å². The van der Waals surface area contributed by atoms with Gasteiger partial charge in [0.15, 0.2) is 0 Å². The van der Waals surface area contributed by atoms with E-state index in [1.807, 2.05) is 6.20 Å². The lowest BCUT2D eigenvalue weighted by atomic mass is 10.3. The molecule has 0 aliphatic carbocycles. The fourth-order valence-corrected chi connectivity index (χ4v) is 1.58. The number of rotatable bonds is 2. The molecule has 0 aromatic carbocycles. The van der Waals surface area contributed by atoms with E-state index >= 15 is 0 Å². The van der Waals surface area contributed by atoms with Gasteiger partial charge in [0.05, 0.1) is 13.2 Å². The summed E-state index contributed by atoms with van der Waals surface area (Å²) >= 11 is 0. The van der Waals surface area contributed by atoms with Crippen molar-refractivity contribution in [3.63, 3.8) is 0 Å². The molecule has 0 bridgehead atoms. The number of allylic oxidation sites excluding steroid dienone is 1. The van der Waals surface area contributed by atoms with Gasteiger partial charge in [0.25, 0.3) is 0 Å². The zero-order valence-electron chi connectivity index (χ0n) is 7.88. The summed E-state index contributed by atoms with van der Waals surface area (Å²) in [6.07, 6.45) is 7.55. The number of nitrogens with one attached hydrogen (secondary N) is 3. The summed E-state index contributed by atoms with van der Waals surface area (Å²) in [5.74, 6) is 0. The van der Waals surface area contributed by atoms with Gasteiger partial charge in [-0.2, -0.15) is 0 Å². The molecule has 0 amide bonds. The molecule has 72 valence electrons. The van der Waals surface area contributed by atoms with Crippen molar-refractivity contribution < 1.29 is 0 Å². The Hall–Kier alpha value is -1.32. The Bertz CT molecular complexity index is 234. The van der Waals surface area contributed by atoms with Crippen LogP contribution in [0.1, 0.15) is 13.3 Å². The van der Waals surface area contributed by atoms with Crippen LogP contribution in [0.2, 0.25) is 0 Å². The predicted molar refractivity (Wildman–Crippen MR) is 52.3 cm³/mol. The van der Waals surface area contributed by atoms with E-state index in [9.17, 15) is 0 Å². The zero-order valence-corrected chi connectivity index (χ0v) is 7.88. The Morgan fingerprint density at radius 1 is 1.54 bits per heavy atom.